The van der Waals surface area contributed by atoms with Crippen molar-refractivity contribution in [2.45, 2.75) is 6.92 Å². The number of hydrogen-bond donors (Lipinski definition) is 2. The van der Waals surface area contributed by atoms with Crippen LogP contribution in [0.2, 0.25) is 5.02 Å². The van der Waals surface area contributed by atoms with E-state index in [4.69, 9.17) is 16.3 Å². The third kappa shape index (κ3) is 4.13. The van der Waals surface area contributed by atoms with Crippen LogP contribution in [0.15, 0.2) is 60.8 Å². The van der Waals surface area contributed by atoms with Gasteiger partial charge >= 0.3 is 0 Å². The molecule has 3 rings (SSSR count). The first kappa shape index (κ1) is 17.8. The van der Waals surface area contributed by atoms with Gasteiger partial charge in [-0.3, -0.25) is 4.79 Å². The van der Waals surface area contributed by atoms with E-state index in [2.05, 4.69) is 15.6 Å². The lowest BCUT2D eigenvalue weighted by molar-refractivity contribution is 0.102. The Kier molecular flexibility index (Phi) is 5.39. The Balaban J connectivity index is 1.73. The van der Waals surface area contributed by atoms with Gasteiger partial charge in [0.1, 0.15) is 11.4 Å². The monoisotopic (exact) mass is 367 g/mol. The zero-order chi connectivity index (χ0) is 18.5. The number of pyridine rings is 1. The highest BCUT2D eigenvalue weighted by Gasteiger charge is 2.10. The van der Waals surface area contributed by atoms with Crippen molar-refractivity contribution < 1.29 is 9.53 Å². The highest BCUT2D eigenvalue weighted by atomic mass is 35.5. The summed E-state index contributed by atoms with van der Waals surface area (Å²) in [5.41, 5.74) is 3.49. The number of ether oxygens (including phenoxy) is 1. The number of nitrogens with one attached hydrogen (secondary N) is 2. The summed E-state index contributed by atoms with van der Waals surface area (Å²) in [7, 11) is 1.62. The van der Waals surface area contributed by atoms with E-state index in [0.29, 0.717) is 16.4 Å². The molecule has 0 aliphatic carbocycles. The molecule has 2 aromatic carbocycles. The van der Waals surface area contributed by atoms with Crippen molar-refractivity contribution in [2.24, 2.45) is 0 Å². The molecule has 0 bridgehead atoms. The van der Waals surface area contributed by atoms with Gasteiger partial charge in [0.15, 0.2) is 0 Å². The molecule has 0 atom stereocenters. The average Bonchev–Trinajstić information content (AvgIpc) is 2.65. The number of methoxy groups -OCH3 is 1. The van der Waals surface area contributed by atoms with Crippen LogP contribution in [0.4, 0.5) is 17.1 Å². The molecule has 0 aliphatic heterocycles. The van der Waals surface area contributed by atoms with Crippen LogP contribution < -0.4 is 15.4 Å². The van der Waals surface area contributed by atoms with Gasteiger partial charge in [0.05, 0.1) is 24.7 Å². The van der Waals surface area contributed by atoms with E-state index in [9.17, 15) is 4.79 Å². The zero-order valence-electron chi connectivity index (χ0n) is 14.4. The first-order valence-corrected chi connectivity index (χ1v) is 8.38. The van der Waals surface area contributed by atoms with E-state index in [1.807, 2.05) is 37.3 Å². The Morgan fingerprint density at radius 2 is 1.88 bits per heavy atom. The van der Waals surface area contributed by atoms with Crippen LogP contribution in [0, 0.1) is 6.92 Å². The summed E-state index contributed by atoms with van der Waals surface area (Å²) in [4.78, 5) is 16.6. The van der Waals surface area contributed by atoms with Crippen molar-refractivity contribution in [1.29, 1.82) is 0 Å². The number of anilines is 3. The standard InChI is InChI=1S/C20H18ClN3O2/c1-13-7-8-14(21)11-18(13)24-20(25)17-10-9-15(12-22-17)23-16-5-3-4-6-19(16)26-2/h3-12,23H,1-2H3,(H,24,25). The van der Waals surface area contributed by atoms with Crippen molar-refractivity contribution in [2.75, 3.05) is 17.7 Å². The maximum absolute atomic E-state index is 12.4. The van der Waals surface area contributed by atoms with Gasteiger partial charge in [-0.1, -0.05) is 29.8 Å². The number of amides is 1. The molecule has 3 aromatic rings. The molecule has 132 valence electrons. The highest BCUT2D eigenvalue weighted by Crippen LogP contribution is 2.26. The highest BCUT2D eigenvalue weighted by molar-refractivity contribution is 6.31. The summed E-state index contributed by atoms with van der Waals surface area (Å²) in [5.74, 6) is 0.435. The summed E-state index contributed by atoms with van der Waals surface area (Å²) in [6, 6.07) is 16.4. The van der Waals surface area contributed by atoms with E-state index in [0.717, 1.165) is 22.7 Å². The number of halogens is 1. The molecule has 2 N–H and O–H groups in total. The molecule has 0 saturated carbocycles. The van der Waals surface area contributed by atoms with Crippen molar-refractivity contribution in [3.8, 4) is 5.75 Å². The second-order valence-corrected chi connectivity index (χ2v) is 6.11. The van der Waals surface area contributed by atoms with Crippen molar-refractivity contribution >= 4 is 34.6 Å². The summed E-state index contributed by atoms with van der Waals surface area (Å²) in [6.45, 7) is 1.90. The number of hydrogen-bond acceptors (Lipinski definition) is 4. The number of nitrogens with zero attached hydrogens (tertiary/aromatic N) is 1. The first-order chi connectivity index (χ1) is 12.6. The second kappa shape index (κ2) is 7.89. The maximum Gasteiger partial charge on any atom is 0.274 e. The molecule has 26 heavy (non-hydrogen) atoms. The smallest absolute Gasteiger partial charge is 0.274 e. The lowest BCUT2D eigenvalue weighted by Crippen LogP contribution is -2.14. The van der Waals surface area contributed by atoms with Gasteiger partial charge in [-0.05, 0) is 48.9 Å². The average molecular weight is 368 g/mol. The van der Waals surface area contributed by atoms with E-state index < -0.39 is 0 Å². The minimum Gasteiger partial charge on any atom is -0.495 e. The quantitative estimate of drug-likeness (QED) is 0.662. The fourth-order valence-electron chi connectivity index (χ4n) is 2.42. The number of carbonyl (C=O) groups is 1. The number of carbonyl (C=O) groups excluding carboxylic acids is 1. The van der Waals surface area contributed by atoms with Gasteiger partial charge in [0, 0.05) is 10.7 Å². The Morgan fingerprint density at radius 3 is 2.62 bits per heavy atom. The van der Waals surface area contributed by atoms with E-state index in [-0.39, 0.29) is 5.91 Å². The predicted molar refractivity (Wildman–Crippen MR) is 105 cm³/mol. The molecule has 0 radical (unpaired) electrons. The SMILES string of the molecule is COc1ccccc1Nc1ccc(C(=O)Nc2cc(Cl)ccc2C)nc1. The number of rotatable bonds is 5. The molecule has 1 amide bonds. The topological polar surface area (TPSA) is 63.2 Å². The molecular formula is C20H18ClN3O2. The van der Waals surface area contributed by atoms with Crippen LogP contribution >= 0.6 is 11.6 Å². The van der Waals surface area contributed by atoms with Gasteiger partial charge in [-0.2, -0.15) is 0 Å². The van der Waals surface area contributed by atoms with Crippen LogP contribution in [-0.2, 0) is 0 Å². The van der Waals surface area contributed by atoms with Gasteiger partial charge in [0.25, 0.3) is 5.91 Å². The molecule has 0 unspecified atom stereocenters. The van der Waals surface area contributed by atoms with Gasteiger partial charge in [-0.15, -0.1) is 0 Å². The number of aromatic nitrogens is 1. The van der Waals surface area contributed by atoms with Crippen molar-refractivity contribution in [3.05, 3.63) is 77.1 Å². The zero-order valence-corrected chi connectivity index (χ0v) is 15.2. The van der Waals surface area contributed by atoms with Crippen LogP contribution in [0.25, 0.3) is 0 Å². The lowest BCUT2D eigenvalue weighted by atomic mass is 10.2. The Morgan fingerprint density at radius 1 is 1.08 bits per heavy atom. The molecule has 5 nitrogen and oxygen atoms in total. The Hall–Kier alpha value is -3.05. The number of benzene rings is 2. The predicted octanol–water partition coefficient (Wildman–Crippen LogP) is 5.05. The van der Waals surface area contributed by atoms with E-state index in [1.54, 1.807) is 37.6 Å². The summed E-state index contributed by atoms with van der Waals surface area (Å²) in [6.07, 6.45) is 1.60. The molecule has 0 aliphatic rings. The van der Waals surface area contributed by atoms with Gasteiger partial charge < -0.3 is 15.4 Å². The van der Waals surface area contributed by atoms with Crippen LogP contribution in [0.3, 0.4) is 0 Å². The van der Waals surface area contributed by atoms with Crippen LogP contribution in [-0.4, -0.2) is 18.0 Å². The van der Waals surface area contributed by atoms with Crippen LogP contribution in [0.5, 0.6) is 5.75 Å². The largest absolute Gasteiger partial charge is 0.495 e. The first-order valence-electron chi connectivity index (χ1n) is 8.00. The van der Waals surface area contributed by atoms with Crippen molar-refractivity contribution in [3.63, 3.8) is 0 Å². The molecule has 1 aromatic heterocycles. The molecular weight excluding hydrogens is 350 g/mol. The van der Waals surface area contributed by atoms with E-state index >= 15 is 0 Å². The maximum atomic E-state index is 12.4. The number of para-hydroxylation sites is 2. The number of aryl methyl sites for hydroxylation is 1. The minimum absolute atomic E-state index is 0.292. The Labute approximate surface area is 157 Å². The molecule has 1 heterocycles. The van der Waals surface area contributed by atoms with E-state index in [1.165, 1.54) is 0 Å². The Bertz CT molecular complexity index is 927. The fraction of sp³-hybridized carbons (Fsp3) is 0.100. The van der Waals surface area contributed by atoms with Crippen LogP contribution in [0.1, 0.15) is 16.1 Å². The normalized spacial score (nSPS) is 10.3. The molecule has 0 spiro atoms. The third-order valence-electron chi connectivity index (χ3n) is 3.83. The molecule has 0 saturated heterocycles. The fourth-order valence-corrected chi connectivity index (χ4v) is 2.59. The van der Waals surface area contributed by atoms with Gasteiger partial charge in [-0.25, -0.2) is 4.98 Å². The summed E-state index contributed by atoms with van der Waals surface area (Å²) in [5, 5.41) is 6.61. The molecule has 0 fully saturated rings. The van der Waals surface area contributed by atoms with Crippen molar-refractivity contribution in [1.82, 2.24) is 4.98 Å². The molecule has 6 heteroatoms. The minimum atomic E-state index is -0.292. The summed E-state index contributed by atoms with van der Waals surface area (Å²) >= 11 is 5.98. The summed E-state index contributed by atoms with van der Waals surface area (Å²) < 4.78 is 5.31. The third-order valence-corrected chi connectivity index (χ3v) is 4.07. The van der Waals surface area contributed by atoms with Gasteiger partial charge in [0.2, 0.25) is 0 Å². The second-order valence-electron chi connectivity index (χ2n) is 5.67. The lowest BCUT2D eigenvalue weighted by Gasteiger charge is -2.11.